The summed E-state index contributed by atoms with van der Waals surface area (Å²) in [5, 5.41) is 10.2. The summed E-state index contributed by atoms with van der Waals surface area (Å²) in [6.07, 6.45) is 5.63. The maximum absolute atomic E-state index is 13.1. The van der Waals surface area contributed by atoms with Gasteiger partial charge in [-0.1, -0.05) is 24.3 Å². The van der Waals surface area contributed by atoms with E-state index in [1.54, 1.807) is 36.3 Å². The van der Waals surface area contributed by atoms with E-state index in [-0.39, 0.29) is 17.9 Å². The summed E-state index contributed by atoms with van der Waals surface area (Å²) in [6, 6.07) is 19.1. The fraction of sp³-hybridized carbons (Fsp3) is 0.214. The van der Waals surface area contributed by atoms with E-state index in [0.717, 1.165) is 29.8 Å². The Balaban J connectivity index is 1.27. The van der Waals surface area contributed by atoms with Crippen LogP contribution in [0, 0.1) is 6.92 Å². The summed E-state index contributed by atoms with van der Waals surface area (Å²) in [6.45, 7) is 1.91. The van der Waals surface area contributed by atoms with Gasteiger partial charge in [-0.15, -0.1) is 0 Å². The number of ether oxygens (including phenoxy) is 1. The Hall–Kier alpha value is -4.46. The first-order valence-electron chi connectivity index (χ1n) is 11.9. The highest BCUT2D eigenvalue weighted by Crippen LogP contribution is 2.29. The number of para-hydroxylation sites is 1. The molecule has 2 aromatic heterocycles. The molecule has 0 spiro atoms. The Morgan fingerprint density at radius 2 is 1.81 bits per heavy atom. The fourth-order valence-electron chi connectivity index (χ4n) is 4.51. The van der Waals surface area contributed by atoms with Crippen LogP contribution < -0.4 is 15.4 Å². The first kappa shape index (κ1) is 23.3. The second kappa shape index (κ2) is 10.0. The van der Waals surface area contributed by atoms with Gasteiger partial charge in [-0.3, -0.25) is 14.6 Å². The number of hydrogen-bond acceptors (Lipinski definition) is 5. The minimum atomic E-state index is -0.269. The molecular weight excluding hydrogens is 454 g/mol. The maximum Gasteiger partial charge on any atom is 0.269 e. The van der Waals surface area contributed by atoms with Gasteiger partial charge in [0.1, 0.15) is 17.2 Å². The van der Waals surface area contributed by atoms with Crippen molar-refractivity contribution in [2.75, 3.05) is 7.05 Å². The van der Waals surface area contributed by atoms with E-state index in [1.807, 2.05) is 49.4 Å². The van der Waals surface area contributed by atoms with Gasteiger partial charge < -0.3 is 15.4 Å². The highest BCUT2D eigenvalue weighted by molar-refractivity contribution is 5.95. The molecule has 2 amide bonds. The molecule has 0 fully saturated rings. The van der Waals surface area contributed by atoms with E-state index in [9.17, 15) is 9.59 Å². The number of aryl methyl sites for hydroxylation is 1. The smallest absolute Gasteiger partial charge is 0.269 e. The molecule has 2 heterocycles. The van der Waals surface area contributed by atoms with Gasteiger partial charge in [0.2, 0.25) is 0 Å². The molecule has 2 aromatic carbocycles. The summed E-state index contributed by atoms with van der Waals surface area (Å²) in [7, 11) is 1.56. The van der Waals surface area contributed by atoms with E-state index < -0.39 is 0 Å². The van der Waals surface area contributed by atoms with E-state index in [1.165, 1.54) is 5.56 Å². The molecule has 182 valence electrons. The van der Waals surface area contributed by atoms with Gasteiger partial charge in [-0.25, -0.2) is 4.68 Å². The number of benzene rings is 2. The molecule has 0 saturated carbocycles. The van der Waals surface area contributed by atoms with Crippen molar-refractivity contribution >= 4 is 11.8 Å². The summed E-state index contributed by atoms with van der Waals surface area (Å²) in [5.74, 6) is 0.827. The molecule has 36 heavy (non-hydrogen) atoms. The lowest BCUT2D eigenvalue weighted by Crippen LogP contribution is -2.39. The van der Waals surface area contributed by atoms with Crippen molar-refractivity contribution in [3.05, 3.63) is 101 Å². The molecule has 1 aliphatic rings. The first-order chi connectivity index (χ1) is 17.5. The van der Waals surface area contributed by atoms with Crippen molar-refractivity contribution in [1.29, 1.82) is 0 Å². The first-order valence-corrected chi connectivity index (χ1v) is 11.9. The zero-order valence-corrected chi connectivity index (χ0v) is 20.2. The second-order valence-corrected chi connectivity index (χ2v) is 8.79. The van der Waals surface area contributed by atoms with Crippen molar-refractivity contribution in [3.63, 3.8) is 0 Å². The van der Waals surface area contributed by atoms with Crippen molar-refractivity contribution in [2.24, 2.45) is 0 Å². The minimum Gasteiger partial charge on any atom is -0.457 e. The zero-order valence-electron chi connectivity index (χ0n) is 20.2. The summed E-state index contributed by atoms with van der Waals surface area (Å²) >= 11 is 0. The minimum absolute atomic E-state index is 0.0144. The Kier molecular flexibility index (Phi) is 6.49. The maximum atomic E-state index is 13.1. The molecule has 0 bridgehead atoms. The molecule has 0 saturated heterocycles. The molecular formula is C28H27N5O3. The Morgan fingerprint density at radius 1 is 1.00 bits per heavy atom. The average molecular weight is 482 g/mol. The number of amides is 2. The molecule has 2 N–H and O–H groups in total. The summed E-state index contributed by atoms with van der Waals surface area (Å²) < 4.78 is 7.79. The van der Waals surface area contributed by atoms with Gasteiger partial charge in [-0.05, 0) is 67.6 Å². The van der Waals surface area contributed by atoms with Gasteiger partial charge >= 0.3 is 0 Å². The van der Waals surface area contributed by atoms with Crippen molar-refractivity contribution < 1.29 is 14.3 Å². The average Bonchev–Trinajstić information content (AvgIpc) is 3.30. The third-order valence-corrected chi connectivity index (χ3v) is 6.42. The van der Waals surface area contributed by atoms with Crippen LogP contribution in [0.25, 0.3) is 5.69 Å². The molecule has 1 unspecified atom stereocenters. The number of pyridine rings is 1. The highest BCUT2D eigenvalue weighted by atomic mass is 16.5. The molecule has 4 aromatic rings. The van der Waals surface area contributed by atoms with Gasteiger partial charge in [0.25, 0.3) is 11.8 Å². The number of carbonyl (C=O) groups is 2. The van der Waals surface area contributed by atoms with Crippen LogP contribution in [0.3, 0.4) is 0 Å². The predicted octanol–water partition coefficient (Wildman–Crippen LogP) is 4.01. The summed E-state index contributed by atoms with van der Waals surface area (Å²) in [4.78, 5) is 29.0. The third kappa shape index (κ3) is 4.84. The van der Waals surface area contributed by atoms with Gasteiger partial charge in [0, 0.05) is 25.4 Å². The lowest BCUT2D eigenvalue weighted by atomic mass is 9.88. The quantitative estimate of drug-likeness (QED) is 0.434. The van der Waals surface area contributed by atoms with Gasteiger partial charge in [0.15, 0.2) is 0 Å². The number of nitrogens with one attached hydrogen (secondary N) is 2. The Bertz CT molecular complexity index is 1410. The molecule has 1 atom stereocenters. The third-order valence-electron chi connectivity index (χ3n) is 6.42. The lowest BCUT2D eigenvalue weighted by Gasteiger charge is -2.26. The van der Waals surface area contributed by atoms with Crippen molar-refractivity contribution in [1.82, 2.24) is 25.4 Å². The topological polar surface area (TPSA) is 98.1 Å². The number of nitrogens with zero attached hydrogens (tertiary/aromatic N) is 3. The van der Waals surface area contributed by atoms with Crippen LogP contribution in [0.1, 0.15) is 44.1 Å². The molecule has 8 heteroatoms. The van der Waals surface area contributed by atoms with Crippen molar-refractivity contribution in [2.45, 2.75) is 32.2 Å². The molecule has 0 aliphatic heterocycles. The monoisotopic (exact) mass is 481 g/mol. The molecule has 8 nitrogen and oxygen atoms in total. The van der Waals surface area contributed by atoms with Crippen LogP contribution in [0.4, 0.5) is 0 Å². The number of carbonyl (C=O) groups excluding carboxylic acids is 2. The summed E-state index contributed by atoms with van der Waals surface area (Å²) in [5.41, 5.74) is 4.99. The Morgan fingerprint density at radius 3 is 2.61 bits per heavy atom. The lowest BCUT2D eigenvalue weighted by molar-refractivity contribution is 0.0930. The molecule has 5 rings (SSSR count). The normalized spacial score (nSPS) is 14.6. The highest BCUT2D eigenvalue weighted by Gasteiger charge is 2.23. The van der Waals surface area contributed by atoms with Crippen LogP contribution in [0.5, 0.6) is 11.5 Å². The fourth-order valence-corrected chi connectivity index (χ4v) is 4.51. The van der Waals surface area contributed by atoms with E-state index in [0.29, 0.717) is 29.2 Å². The van der Waals surface area contributed by atoms with E-state index >= 15 is 0 Å². The number of rotatable bonds is 6. The van der Waals surface area contributed by atoms with Gasteiger partial charge in [0.05, 0.1) is 23.1 Å². The van der Waals surface area contributed by atoms with Crippen LogP contribution in [-0.2, 0) is 12.8 Å². The number of fused-ring (bicyclic) bond motifs is 1. The van der Waals surface area contributed by atoms with E-state index in [2.05, 4.69) is 26.8 Å². The van der Waals surface area contributed by atoms with Crippen molar-refractivity contribution in [3.8, 4) is 17.2 Å². The number of aromatic nitrogens is 3. The number of hydrogen-bond donors (Lipinski definition) is 2. The van der Waals surface area contributed by atoms with Crippen LogP contribution in [-0.4, -0.2) is 39.7 Å². The SMILES string of the molecule is CNC(=O)c1cc(Oc2ccc3c(c2)CC(NC(=O)c2cnn(-c4ccccc4)c2C)CC3)ccn1. The Labute approximate surface area is 209 Å². The largest absolute Gasteiger partial charge is 0.457 e. The van der Waals surface area contributed by atoms with Crippen LogP contribution in [0.15, 0.2) is 73.1 Å². The van der Waals surface area contributed by atoms with E-state index in [4.69, 9.17) is 4.74 Å². The second-order valence-electron chi connectivity index (χ2n) is 8.79. The molecule has 1 aliphatic carbocycles. The van der Waals surface area contributed by atoms with Crippen LogP contribution in [0.2, 0.25) is 0 Å². The van der Waals surface area contributed by atoms with Gasteiger partial charge in [-0.2, -0.15) is 5.10 Å². The standard InChI is InChI=1S/C28H27N5O3/c1-18-25(17-31-33(18)22-6-4-3-5-7-22)27(34)32-21-10-8-19-9-11-23(15-20(19)14-21)36-24-12-13-30-26(16-24)28(35)29-2/h3-7,9,11-13,15-17,21H,8,10,14H2,1-2H3,(H,29,35)(H,32,34). The predicted molar refractivity (Wildman–Crippen MR) is 136 cm³/mol. The van der Waals surface area contributed by atoms with Crippen LogP contribution >= 0.6 is 0 Å². The zero-order chi connectivity index (χ0) is 25.1. The molecule has 0 radical (unpaired) electrons.